The Hall–Kier alpha value is -1.42. The van der Waals surface area contributed by atoms with Gasteiger partial charge in [0.25, 0.3) is 0 Å². The smallest absolute Gasteiger partial charge is 0.352 e. The molecule has 0 bridgehead atoms. The van der Waals surface area contributed by atoms with Crippen LogP contribution in [-0.2, 0) is 14.8 Å². The first-order valence-corrected chi connectivity index (χ1v) is 7.46. The zero-order valence-corrected chi connectivity index (χ0v) is 11.6. The standard InChI is InChI=1S/C11H16N2O6S/c1-7-4-13(5-8(6-14)19-7)20(17,18)9-2-10(11(15)16)12-3-9/h2-3,7-8,12,14H,4-6H2,1H3,(H,15,16). The minimum absolute atomic E-state index is 0.0385. The maximum Gasteiger partial charge on any atom is 0.352 e. The lowest BCUT2D eigenvalue weighted by atomic mass is 10.2. The average Bonchev–Trinajstić information content (AvgIpc) is 2.88. The van der Waals surface area contributed by atoms with E-state index in [9.17, 15) is 13.2 Å². The molecular weight excluding hydrogens is 288 g/mol. The molecule has 0 aliphatic carbocycles. The van der Waals surface area contributed by atoms with E-state index in [-0.39, 0.29) is 36.4 Å². The van der Waals surface area contributed by atoms with Gasteiger partial charge in [-0.25, -0.2) is 13.2 Å². The molecule has 2 unspecified atom stereocenters. The second kappa shape index (κ2) is 5.52. The SMILES string of the molecule is CC1CN(S(=O)(=O)c2c[nH]c(C(=O)O)c2)CC(CO)O1. The number of nitrogens with one attached hydrogen (secondary N) is 1. The van der Waals surface area contributed by atoms with Crippen molar-refractivity contribution in [3.8, 4) is 0 Å². The molecule has 0 amide bonds. The Kier molecular flexibility index (Phi) is 4.14. The number of carbonyl (C=O) groups is 1. The van der Waals surface area contributed by atoms with E-state index in [0.29, 0.717) is 0 Å². The summed E-state index contributed by atoms with van der Waals surface area (Å²) in [5, 5.41) is 17.9. The number of hydrogen-bond acceptors (Lipinski definition) is 5. The number of hydrogen-bond donors (Lipinski definition) is 3. The predicted molar refractivity (Wildman–Crippen MR) is 67.9 cm³/mol. The number of aliphatic hydroxyl groups is 1. The van der Waals surface area contributed by atoms with Gasteiger partial charge in [-0.2, -0.15) is 4.31 Å². The van der Waals surface area contributed by atoms with Gasteiger partial charge in [0.2, 0.25) is 10.0 Å². The van der Waals surface area contributed by atoms with Crippen LogP contribution in [-0.4, -0.2) is 65.8 Å². The number of sulfonamides is 1. The molecule has 20 heavy (non-hydrogen) atoms. The molecule has 2 heterocycles. The van der Waals surface area contributed by atoms with Crippen molar-refractivity contribution in [3.05, 3.63) is 18.0 Å². The number of carboxylic acid groups (broad SMARTS) is 1. The molecule has 0 spiro atoms. The molecule has 3 N–H and O–H groups in total. The molecule has 1 aliphatic rings. The molecule has 1 fully saturated rings. The van der Waals surface area contributed by atoms with Gasteiger partial charge in [-0.15, -0.1) is 0 Å². The van der Waals surface area contributed by atoms with E-state index in [2.05, 4.69) is 4.98 Å². The number of aromatic nitrogens is 1. The largest absolute Gasteiger partial charge is 0.477 e. The summed E-state index contributed by atoms with van der Waals surface area (Å²) in [4.78, 5) is 13.1. The van der Waals surface area contributed by atoms with Crippen molar-refractivity contribution in [1.29, 1.82) is 0 Å². The highest BCUT2D eigenvalue weighted by Gasteiger charge is 2.34. The van der Waals surface area contributed by atoms with Crippen LogP contribution in [0.25, 0.3) is 0 Å². The van der Waals surface area contributed by atoms with Crippen LogP contribution in [0.2, 0.25) is 0 Å². The third-order valence-corrected chi connectivity index (χ3v) is 4.83. The van der Waals surface area contributed by atoms with Crippen LogP contribution in [0.5, 0.6) is 0 Å². The van der Waals surface area contributed by atoms with E-state index in [4.69, 9.17) is 14.9 Å². The number of aliphatic hydroxyl groups excluding tert-OH is 1. The molecule has 8 nitrogen and oxygen atoms in total. The molecule has 0 saturated carbocycles. The lowest BCUT2D eigenvalue weighted by Crippen LogP contribution is -2.50. The molecule has 1 saturated heterocycles. The lowest BCUT2D eigenvalue weighted by molar-refractivity contribution is -0.0750. The summed E-state index contributed by atoms with van der Waals surface area (Å²) in [6.45, 7) is 1.64. The number of nitrogens with zero attached hydrogens (tertiary/aromatic N) is 1. The Bertz CT molecular complexity index is 596. The van der Waals surface area contributed by atoms with Crippen molar-refractivity contribution in [2.24, 2.45) is 0 Å². The van der Waals surface area contributed by atoms with Gasteiger partial charge in [-0.05, 0) is 13.0 Å². The number of H-pyrrole nitrogens is 1. The minimum Gasteiger partial charge on any atom is -0.477 e. The molecule has 1 aliphatic heterocycles. The Labute approximate surface area is 116 Å². The van der Waals surface area contributed by atoms with Crippen LogP contribution in [0.3, 0.4) is 0 Å². The number of aromatic amines is 1. The molecule has 112 valence electrons. The highest BCUT2D eigenvalue weighted by atomic mass is 32.2. The van der Waals surface area contributed by atoms with Crippen molar-refractivity contribution >= 4 is 16.0 Å². The maximum atomic E-state index is 12.4. The van der Waals surface area contributed by atoms with Gasteiger partial charge in [0, 0.05) is 19.3 Å². The summed E-state index contributed by atoms with van der Waals surface area (Å²) in [5.41, 5.74) is -0.191. The molecule has 9 heteroatoms. The van der Waals surface area contributed by atoms with Gasteiger partial charge in [0.1, 0.15) is 10.6 Å². The van der Waals surface area contributed by atoms with E-state index in [0.717, 1.165) is 12.3 Å². The summed E-state index contributed by atoms with van der Waals surface area (Å²) in [5.74, 6) is -1.23. The molecule has 0 radical (unpaired) electrons. The summed E-state index contributed by atoms with van der Waals surface area (Å²) in [6.07, 6.45) is 0.229. The third-order valence-electron chi connectivity index (χ3n) is 3.02. The summed E-state index contributed by atoms with van der Waals surface area (Å²) in [6, 6.07) is 1.08. The Morgan fingerprint density at radius 2 is 2.25 bits per heavy atom. The van der Waals surface area contributed by atoms with Crippen molar-refractivity contribution < 1.29 is 28.2 Å². The topological polar surface area (TPSA) is 120 Å². The van der Waals surface area contributed by atoms with E-state index in [1.807, 2.05) is 0 Å². The Balaban J connectivity index is 2.26. The fourth-order valence-electron chi connectivity index (χ4n) is 2.10. The maximum absolute atomic E-state index is 12.4. The van der Waals surface area contributed by atoms with Crippen molar-refractivity contribution in [2.45, 2.75) is 24.0 Å². The third kappa shape index (κ3) is 2.85. The van der Waals surface area contributed by atoms with Gasteiger partial charge in [-0.1, -0.05) is 0 Å². The quantitative estimate of drug-likeness (QED) is 0.688. The number of morpholine rings is 1. The molecular formula is C11H16N2O6S. The van der Waals surface area contributed by atoms with Crippen molar-refractivity contribution in [3.63, 3.8) is 0 Å². The van der Waals surface area contributed by atoms with Crippen molar-refractivity contribution in [2.75, 3.05) is 19.7 Å². The Morgan fingerprint density at radius 3 is 2.80 bits per heavy atom. The van der Waals surface area contributed by atoms with Gasteiger partial charge >= 0.3 is 5.97 Å². The first-order chi connectivity index (χ1) is 9.34. The first-order valence-electron chi connectivity index (χ1n) is 6.02. The predicted octanol–water partition coefficient (Wildman–Crippen LogP) is -0.517. The van der Waals surface area contributed by atoms with Gasteiger partial charge in [0.15, 0.2) is 0 Å². The van der Waals surface area contributed by atoms with E-state index < -0.39 is 22.1 Å². The highest BCUT2D eigenvalue weighted by molar-refractivity contribution is 7.89. The summed E-state index contributed by atoms with van der Waals surface area (Å²) >= 11 is 0. The highest BCUT2D eigenvalue weighted by Crippen LogP contribution is 2.21. The molecule has 1 aromatic heterocycles. The van der Waals surface area contributed by atoms with E-state index in [1.165, 1.54) is 4.31 Å². The normalized spacial score (nSPS) is 24.7. The fraction of sp³-hybridized carbons (Fsp3) is 0.545. The van der Waals surface area contributed by atoms with E-state index in [1.54, 1.807) is 6.92 Å². The van der Waals surface area contributed by atoms with Crippen molar-refractivity contribution in [1.82, 2.24) is 9.29 Å². The average molecular weight is 304 g/mol. The van der Waals surface area contributed by atoms with Gasteiger partial charge < -0.3 is 19.9 Å². The Morgan fingerprint density at radius 1 is 1.55 bits per heavy atom. The molecule has 2 rings (SSSR count). The molecule has 2 atom stereocenters. The van der Waals surface area contributed by atoms with Crippen LogP contribution in [0.1, 0.15) is 17.4 Å². The summed E-state index contributed by atoms with van der Waals surface area (Å²) in [7, 11) is -3.80. The minimum atomic E-state index is -3.80. The monoisotopic (exact) mass is 304 g/mol. The number of ether oxygens (including phenoxy) is 1. The number of rotatable bonds is 4. The fourth-order valence-corrected chi connectivity index (χ4v) is 3.64. The van der Waals surface area contributed by atoms with Gasteiger partial charge in [-0.3, -0.25) is 0 Å². The summed E-state index contributed by atoms with van der Waals surface area (Å²) < 4.78 is 31.4. The zero-order chi connectivity index (χ0) is 14.9. The van der Waals surface area contributed by atoms with Crippen LogP contribution >= 0.6 is 0 Å². The molecule has 1 aromatic rings. The second-order valence-corrected chi connectivity index (χ2v) is 6.57. The van der Waals surface area contributed by atoms with Crippen LogP contribution in [0, 0.1) is 0 Å². The second-order valence-electron chi connectivity index (χ2n) is 4.63. The van der Waals surface area contributed by atoms with Crippen LogP contribution in [0.4, 0.5) is 0 Å². The molecule has 0 aromatic carbocycles. The first kappa shape index (κ1) is 15.0. The van der Waals surface area contributed by atoms with Crippen LogP contribution < -0.4 is 0 Å². The lowest BCUT2D eigenvalue weighted by Gasteiger charge is -2.34. The van der Waals surface area contributed by atoms with Crippen LogP contribution in [0.15, 0.2) is 17.2 Å². The number of carboxylic acids is 1. The van der Waals surface area contributed by atoms with Gasteiger partial charge in [0.05, 0.1) is 18.8 Å². The van der Waals surface area contributed by atoms with E-state index >= 15 is 0 Å². The zero-order valence-electron chi connectivity index (χ0n) is 10.8. The number of aromatic carboxylic acids is 1.